The number of aryl methyl sites for hydroxylation is 3. The van der Waals surface area contributed by atoms with Crippen molar-refractivity contribution in [1.29, 1.82) is 0 Å². The number of sulfonamides is 1. The molecule has 0 radical (unpaired) electrons. The average molecular weight is 498 g/mol. The summed E-state index contributed by atoms with van der Waals surface area (Å²) in [4.78, 5) is 21.9. The van der Waals surface area contributed by atoms with Crippen LogP contribution in [-0.4, -0.2) is 46.3 Å². The van der Waals surface area contributed by atoms with Crippen molar-refractivity contribution in [2.75, 3.05) is 18.4 Å². The summed E-state index contributed by atoms with van der Waals surface area (Å²) in [6.07, 6.45) is 3.59. The monoisotopic (exact) mass is 497 g/mol. The molecule has 4 aromatic rings. The van der Waals surface area contributed by atoms with Gasteiger partial charge >= 0.3 is 0 Å². The molecule has 0 unspecified atom stereocenters. The molecule has 34 heavy (non-hydrogen) atoms. The van der Waals surface area contributed by atoms with Gasteiger partial charge in [-0.15, -0.1) is 11.3 Å². The van der Waals surface area contributed by atoms with Crippen LogP contribution in [0, 0.1) is 6.92 Å². The molecule has 2 aromatic heterocycles. The Kier molecular flexibility index (Phi) is 6.13. The average Bonchev–Trinajstić information content (AvgIpc) is 3.36. The second-order valence-corrected chi connectivity index (χ2v) is 11.8. The van der Waals surface area contributed by atoms with Gasteiger partial charge in [0.25, 0.3) is 0 Å². The number of hydrogen-bond donors (Lipinski definition) is 1. The fraction of sp³-hybridized carbons (Fsp3) is 0.375. The molecule has 2 aromatic carbocycles. The predicted octanol–water partition coefficient (Wildman–Crippen LogP) is 4.24. The van der Waals surface area contributed by atoms with Crippen molar-refractivity contribution in [3.8, 4) is 0 Å². The summed E-state index contributed by atoms with van der Waals surface area (Å²) in [5.41, 5.74) is 3.15. The van der Waals surface area contributed by atoms with Crippen LogP contribution >= 0.6 is 11.3 Å². The summed E-state index contributed by atoms with van der Waals surface area (Å²) in [6.45, 7) is 3.10. The first-order valence-electron chi connectivity index (χ1n) is 11.4. The third-order valence-electron chi connectivity index (χ3n) is 6.25. The standard InChI is InChI=1S/C24H27N5O3S2/c1-16-25-19-8-6-17(14-22(19)33-16)26-24(30)11-10-23-27-20-15-18(7-9-21(20)28(23)2)34(31,32)29-12-4-3-5-13-29/h6-9,14-15H,3-5,10-13H2,1-2H3,(H,26,30). The van der Waals surface area contributed by atoms with E-state index in [1.165, 1.54) is 0 Å². The van der Waals surface area contributed by atoms with E-state index in [1.54, 1.807) is 33.8 Å². The van der Waals surface area contributed by atoms with Gasteiger partial charge in [-0.3, -0.25) is 4.79 Å². The molecular weight excluding hydrogens is 470 g/mol. The molecule has 8 nitrogen and oxygen atoms in total. The number of imidazole rings is 1. The number of thiazole rings is 1. The lowest BCUT2D eigenvalue weighted by Gasteiger charge is -2.25. The minimum Gasteiger partial charge on any atom is -0.331 e. The summed E-state index contributed by atoms with van der Waals surface area (Å²) in [6, 6.07) is 10.8. The van der Waals surface area contributed by atoms with E-state index in [0.29, 0.717) is 25.0 Å². The van der Waals surface area contributed by atoms with Gasteiger partial charge in [0.1, 0.15) is 5.82 Å². The first kappa shape index (κ1) is 22.9. The lowest BCUT2D eigenvalue weighted by atomic mass is 10.2. The van der Waals surface area contributed by atoms with E-state index in [-0.39, 0.29) is 17.2 Å². The normalized spacial score (nSPS) is 15.2. The fourth-order valence-electron chi connectivity index (χ4n) is 4.43. The maximum Gasteiger partial charge on any atom is 0.243 e. The number of nitrogens with one attached hydrogen (secondary N) is 1. The molecule has 0 spiro atoms. The lowest BCUT2D eigenvalue weighted by molar-refractivity contribution is -0.116. The number of nitrogens with zero attached hydrogens (tertiary/aromatic N) is 4. The van der Waals surface area contributed by atoms with Gasteiger partial charge in [0.2, 0.25) is 15.9 Å². The second kappa shape index (κ2) is 9.09. The van der Waals surface area contributed by atoms with Crippen molar-refractivity contribution in [3.63, 3.8) is 0 Å². The number of aromatic nitrogens is 3. The van der Waals surface area contributed by atoms with Gasteiger partial charge < -0.3 is 9.88 Å². The van der Waals surface area contributed by atoms with Crippen molar-refractivity contribution in [2.45, 2.75) is 43.9 Å². The van der Waals surface area contributed by atoms with Crippen LogP contribution in [0.3, 0.4) is 0 Å². The van der Waals surface area contributed by atoms with Crippen LogP contribution in [0.4, 0.5) is 5.69 Å². The first-order valence-corrected chi connectivity index (χ1v) is 13.7. The maximum atomic E-state index is 13.0. The first-order chi connectivity index (χ1) is 16.3. The van der Waals surface area contributed by atoms with E-state index in [9.17, 15) is 13.2 Å². The molecule has 0 bridgehead atoms. The Morgan fingerprint density at radius 1 is 1.06 bits per heavy atom. The van der Waals surface area contributed by atoms with Gasteiger partial charge in [-0.1, -0.05) is 6.42 Å². The van der Waals surface area contributed by atoms with Crippen molar-refractivity contribution in [1.82, 2.24) is 18.8 Å². The van der Waals surface area contributed by atoms with Crippen LogP contribution in [0.2, 0.25) is 0 Å². The molecule has 1 aliphatic heterocycles. The number of fused-ring (bicyclic) bond motifs is 2. The van der Waals surface area contributed by atoms with Gasteiger partial charge in [-0.2, -0.15) is 4.31 Å². The molecule has 0 saturated carbocycles. The smallest absolute Gasteiger partial charge is 0.243 e. The zero-order valence-corrected chi connectivity index (χ0v) is 20.9. The molecule has 1 amide bonds. The maximum absolute atomic E-state index is 13.0. The number of carbonyl (C=O) groups excluding carboxylic acids is 1. The van der Waals surface area contributed by atoms with Crippen molar-refractivity contribution in [3.05, 3.63) is 47.2 Å². The number of hydrogen-bond acceptors (Lipinski definition) is 6. The number of anilines is 1. The van der Waals surface area contributed by atoms with Gasteiger partial charge in [0.05, 0.1) is 31.2 Å². The third-order valence-corrected chi connectivity index (χ3v) is 9.08. The summed E-state index contributed by atoms with van der Waals surface area (Å²) in [7, 11) is -1.62. The van der Waals surface area contributed by atoms with Crippen molar-refractivity contribution < 1.29 is 13.2 Å². The molecule has 5 rings (SSSR count). The Hall–Kier alpha value is -2.82. The van der Waals surface area contributed by atoms with E-state index < -0.39 is 10.0 Å². The summed E-state index contributed by atoms with van der Waals surface area (Å²) in [5.74, 6) is 0.646. The number of benzene rings is 2. The molecule has 1 saturated heterocycles. The lowest BCUT2D eigenvalue weighted by Crippen LogP contribution is -2.35. The topological polar surface area (TPSA) is 97.2 Å². The highest BCUT2D eigenvalue weighted by molar-refractivity contribution is 7.89. The molecule has 1 fully saturated rings. The van der Waals surface area contributed by atoms with Crippen LogP contribution in [0.15, 0.2) is 41.3 Å². The third kappa shape index (κ3) is 4.45. The summed E-state index contributed by atoms with van der Waals surface area (Å²) < 4.78 is 30.6. The van der Waals surface area contributed by atoms with Gasteiger partial charge in [-0.05, 0) is 56.2 Å². The van der Waals surface area contributed by atoms with Crippen LogP contribution in [-0.2, 0) is 28.3 Å². The van der Waals surface area contributed by atoms with Crippen LogP contribution in [0.1, 0.15) is 36.5 Å². The molecule has 178 valence electrons. The predicted molar refractivity (Wildman–Crippen MR) is 135 cm³/mol. The molecular formula is C24H27N5O3S2. The zero-order valence-electron chi connectivity index (χ0n) is 19.2. The highest BCUT2D eigenvalue weighted by Gasteiger charge is 2.26. The molecule has 0 atom stereocenters. The molecule has 1 aliphatic rings. The summed E-state index contributed by atoms with van der Waals surface area (Å²) >= 11 is 1.60. The Bertz CT molecular complexity index is 1480. The van der Waals surface area contributed by atoms with Crippen LogP contribution < -0.4 is 5.32 Å². The van der Waals surface area contributed by atoms with Gasteiger partial charge in [0, 0.05) is 38.7 Å². The Labute approximate surface area is 202 Å². The number of rotatable bonds is 6. The fourth-order valence-corrected chi connectivity index (χ4v) is 6.84. The largest absolute Gasteiger partial charge is 0.331 e. The van der Waals surface area contributed by atoms with Gasteiger partial charge in [0.15, 0.2) is 0 Å². The minimum atomic E-state index is -3.52. The zero-order chi connectivity index (χ0) is 23.9. The van der Waals surface area contributed by atoms with Crippen molar-refractivity contribution >= 4 is 54.2 Å². The summed E-state index contributed by atoms with van der Waals surface area (Å²) in [5, 5.41) is 3.94. The molecule has 10 heteroatoms. The number of amides is 1. The molecule has 3 heterocycles. The van der Waals surface area contributed by atoms with Crippen molar-refractivity contribution in [2.24, 2.45) is 7.05 Å². The van der Waals surface area contributed by atoms with E-state index in [1.807, 2.05) is 36.7 Å². The number of piperidine rings is 1. The highest BCUT2D eigenvalue weighted by Crippen LogP contribution is 2.26. The van der Waals surface area contributed by atoms with E-state index in [4.69, 9.17) is 0 Å². The van der Waals surface area contributed by atoms with E-state index in [0.717, 1.165) is 51.5 Å². The van der Waals surface area contributed by atoms with E-state index >= 15 is 0 Å². The van der Waals surface area contributed by atoms with Crippen LogP contribution in [0.5, 0.6) is 0 Å². The highest BCUT2D eigenvalue weighted by atomic mass is 32.2. The molecule has 1 N–H and O–H groups in total. The van der Waals surface area contributed by atoms with Crippen LogP contribution in [0.25, 0.3) is 21.3 Å². The Balaban J connectivity index is 1.29. The Morgan fingerprint density at radius 2 is 1.85 bits per heavy atom. The van der Waals surface area contributed by atoms with E-state index in [2.05, 4.69) is 15.3 Å². The SMILES string of the molecule is Cc1nc2ccc(NC(=O)CCc3nc4cc(S(=O)(=O)N5CCCCC5)ccc4n3C)cc2s1. The Morgan fingerprint density at radius 3 is 2.65 bits per heavy atom. The van der Waals surface area contributed by atoms with Gasteiger partial charge in [-0.25, -0.2) is 18.4 Å². The molecule has 0 aliphatic carbocycles. The number of carbonyl (C=O) groups is 1. The quantitative estimate of drug-likeness (QED) is 0.430. The minimum absolute atomic E-state index is 0.0963. The second-order valence-electron chi connectivity index (χ2n) is 8.67.